The van der Waals surface area contributed by atoms with E-state index in [4.69, 9.17) is 0 Å². The van der Waals surface area contributed by atoms with Crippen LogP contribution in [0.25, 0.3) is 0 Å². The highest BCUT2D eigenvalue weighted by molar-refractivity contribution is 9.10. The molecule has 1 fully saturated rings. The molecule has 3 nitrogen and oxygen atoms in total. The van der Waals surface area contributed by atoms with Gasteiger partial charge >= 0.3 is 0 Å². The molecule has 0 spiro atoms. The van der Waals surface area contributed by atoms with Crippen LogP contribution >= 0.6 is 15.9 Å². The maximum absolute atomic E-state index is 12.0. The molecule has 0 radical (unpaired) electrons. The van der Waals surface area contributed by atoms with Gasteiger partial charge in [-0.2, -0.15) is 0 Å². The van der Waals surface area contributed by atoms with Gasteiger partial charge in [-0.3, -0.25) is 4.79 Å². The van der Waals surface area contributed by atoms with Gasteiger partial charge in [-0.05, 0) is 30.5 Å². The molecule has 0 aromatic heterocycles. The number of carbonyl (C=O) groups is 1. The van der Waals surface area contributed by atoms with Crippen LogP contribution in [-0.4, -0.2) is 17.6 Å². The molecule has 1 aliphatic rings. The Morgan fingerprint density at radius 2 is 2.05 bits per heavy atom. The van der Waals surface area contributed by atoms with Crippen molar-refractivity contribution in [2.75, 3.05) is 6.54 Å². The molecule has 0 saturated heterocycles. The third-order valence-corrected chi connectivity index (χ3v) is 4.26. The smallest absolute Gasteiger partial charge is 0.255 e. The second-order valence-electron chi connectivity index (χ2n) is 5.21. The fraction of sp³-hybridized carbons (Fsp3) is 0.533. The summed E-state index contributed by atoms with van der Waals surface area (Å²) < 4.78 is 0.794. The maximum Gasteiger partial charge on any atom is 0.255 e. The Hall–Kier alpha value is -1.03. The van der Waals surface area contributed by atoms with Gasteiger partial charge in [-0.15, -0.1) is 0 Å². The zero-order valence-corrected chi connectivity index (χ0v) is 12.6. The topological polar surface area (TPSA) is 49.3 Å². The van der Waals surface area contributed by atoms with Gasteiger partial charge in [-0.25, -0.2) is 0 Å². The van der Waals surface area contributed by atoms with Crippen molar-refractivity contribution in [1.82, 2.24) is 5.32 Å². The van der Waals surface area contributed by atoms with Gasteiger partial charge in [0.1, 0.15) is 5.75 Å². The van der Waals surface area contributed by atoms with Crippen LogP contribution in [0.1, 0.15) is 48.9 Å². The molecule has 19 heavy (non-hydrogen) atoms. The van der Waals surface area contributed by atoms with Gasteiger partial charge in [0, 0.05) is 11.0 Å². The molecule has 4 heteroatoms. The van der Waals surface area contributed by atoms with Gasteiger partial charge in [0.2, 0.25) is 0 Å². The number of carbonyl (C=O) groups excluding carboxylic acids is 1. The lowest BCUT2D eigenvalue weighted by molar-refractivity contribution is 0.0947. The summed E-state index contributed by atoms with van der Waals surface area (Å²) in [7, 11) is 0. The van der Waals surface area contributed by atoms with E-state index in [1.54, 1.807) is 12.1 Å². The molecule has 2 rings (SSSR count). The SMILES string of the molecule is O=C(NCCC1CCCCC1)c1cc(Br)ccc1O. The number of phenols is 1. The van der Waals surface area contributed by atoms with Gasteiger partial charge in [0.25, 0.3) is 5.91 Å². The quantitative estimate of drug-likeness (QED) is 0.883. The molecule has 1 saturated carbocycles. The first-order valence-electron chi connectivity index (χ1n) is 6.93. The monoisotopic (exact) mass is 325 g/mol. The van der Waals surface area contributed by atoms with Crippen molar-refractivity contribution >= 4 is 21.8 Å². The summed E-state index contributed by atoms with van der Waals surface area (Å²) in [6.45, 7) is 0.690. The highest BCUT2D eigenvalue weighted by Gasteiger charge is 2.15. The lowest BCUT2D eigenvalue weighted by atomic mass is 9.87. The number of aromatic hydroxyl groups is 1. The van der Waals surface area contributed by atoms with E-state index < -0.39 is 0 Å². The fourth-order valence-electron chi connectivity index (χ4n) is 2.65. The first-order chi connectivity index (χ1) is 9.16. The Labute approximate surface area is 122 Å². The highest BCUT2D eigenvalue weighted by atomic mass is 79.9. The predicted molar refractivity (Wildman–Crippen MR) is 79.3 cm³/mol. The fourth-order valence-corrected chi connectivity index (χ4v) is 3.01. The second-order valence-corrected chi connectivity index (χ2v) is 6.13. The molecular weight excluding hydrogens is 306 g/mol. The van der Waals surface area contributed by atoms with Gasteiger partial charge in [-0.1, -0.05) is 48.0 Å². The summed E-state index contributed by atoms with van der Waals surface area (Å²) in [6.07, 6.45) is 7.63. The van der Waals surface area contributed by atoms with Crippen LogP contribution in [0.15, 0.2) is 22.7 Å². The number of rotatable bonds is 4. The van der Waals surface area contributed by atoms with Crippen LogP contribution in [0.2, 0.25) is 0 Å². The number of amides is 1. The number of phenolic OH excluding ortho intramolecular Hbond substituents is 1. The van der Waals surface area contributed by atoms with Crippen molar-refractivity contribution in [2.45, 2.75) is 38.5 Å². The minimum Gasteiger partial charge on any atom is -0.507 e. The van der Waals surface area contributed by atoms with Gasteiger partial charge in [0.15, 0.2) is 0 Å². The van der Waals surface area contributed by atoms with Crippen LogP contribution in [-0.2, 0) is 0 Å². The van der Waals surface area contributed by atoms with Crippen molar-refractivity contribution < 1.29 is 9.90 Å². The molecular formula is C15H20BrNO2. The third kappa shape index (κ3) is 4.23. The van der Waals surface area contributed by atoms with Crippen molar-refractivity contribution in [3.05, 3.63) is 28.2 Å². The van der Waals surface area contributed by atoms with Crippen molar-refractivity contribution in [3.63, 3.8) is 0 Å². The zero-order chi connectivity index (χ0) is 13.7. The number of benzene rings is 1. The van der Waals surface area contributed by atoms with Gasteiger partial charge in [0.05, 0.1) is 5.56 Å². The Kier molecular flexibility index (Phi) is 5.25. The number of halogens is 1. The molecule has 1 aliphatic carbocycles. The first-order valence-corrected chi connectivity index (χ1v) is 7.73. The molecule has 1 amide bonds. The van der Waals surface area contributed by atoms with E-state index in [1.807, 2.05) is 0 Å². The summed E-state index contributed by atoms with van der Waals surface area (Å²) in [5.41, 5.74) is 0.331. The van der Waals surface area contributed by atoms with Crippen LogP contribution in [0.5, 0.6) is 5.75 Å². The van der Waals surface area contributed by atoms with Crippen molar-refractivity contribution in [3.8, 4) is 5.75 Å². The average molecular weight is 326 g/mol. The third-order valence-electron chi connectivity index (χ3n) is 3.77. The van der Waals surface area contributed by atoms with Crippen LogP contribution in [0.4, 0.5) is 0 Å². The second kappa shape index (κ2) is 6.94. The van der Waals surface area contributed by atoms with E-state index in [0.717, 1.165) is 16.8 Å². The summed E-state index contributed by atoms with van der Waals surface area (Å²) in [5, 5.41) is 12.6. The lowest BCUT2D eigenvalue weighted by Gasteiger charge is -2.21. The molecule has 1 aromatic carbocycles. The summed E-state index contributed by atoms with van der Waals surface area (Å²) in [6, 6.07) is 4.89. The largest absolute Gasteiger partial charge is 0.507 e. The van der Waals surface area contributed by atoms with Crippen LogP contribution in [0.3, 0.4) is 0 Å². The van der Waals surface area contributed by atoms with E-state index in [0.29, 0.717) is 12.1 Å². The minimum atomic E-state index is -0.199. The zero-order valence-electron chi connectivity index (χ0n) is 11.0. The average Bonchev–Trinajstić information content (AvgIpc) is 2.42. The van der Waals surface area contributed by atoms with E-state index in [9.17, 15) is 9.90 Å². The van der Waals surface area contributed by atoms with Crippen molar-refractivity contribution in [1.29, 1.82) is 0 Å². The summed E-state index contributed by atoms with van der Waals surface area (Å²) >= 11 is 3.30. The molecule has 0 atom stereocenters. The van der Waals surface area contributed by atoms with E-state index in [1.165, 1.54) is 38.2 Å². The molecule has 104 valence electrons. The molecule has 1 aromatic rings. The Morgan fingerprint density at radius 1 is 1.32 bits per heavy atom. The van der Waals surface area contributed by atoms with Crippen LogP contribution in [0, 0.1) is 5.92 Å². The lowest BCUT2D eigenvalue weighted by Crippen LogP contribution is -2.26. The molecule has 2 N–H and O–H groups in total. The number of hydrogen-bond donors (Lipinski definition) is 2. The van der Waals surface area contributed by atoms with Crippen molar-refractivity contribution in [2.24, 2.45) is 5.92 Å². The number of hydrogen-bond acceptors (Lipinski definition) is 2. The normalized spacial score (nSPS) is 16.3. The maximum atomic E-state index is 12.0. The number of nitrogens with one attached hydrogen (secondary N) is 1. The van der Waals surface area contributed by atoms with E-state index >= 15 is 0 Å². The molecule has 0 aliphatic heterocycles. The Bertz CT molecular complexity index is 442. The van der Waals surface area contributed by atoms with Gasteiger partial charge < -0.3 is 10.4 Å². The predicted octanol–water partition coefficient (Wildman–Crippen LogP) is 3.85. The molecule has 0 unspecified atom stereocenters. The summed E-state index contributed by atoms with van der Waals surface area (Å²) in [4.78, 5) is 12.0. The standard InChI is InChI=1S/C15H20BrNO2/c16-12-6-7-14(18)13(10-12)15(19)17-9-8-11-4-2-1-3-5-11/h6-7,10-11,18H,1-5,8-9H2,(H,17,19). The Morgan fingerprint density at radius 3 is 2.79 bits per heavy atom. The van der Waals surface area contributed by atoms with E-state index in [-0.39, 0.29) is 11.7 Å². The Balaban J connectivity index is 1.82. The minimum absolute atomic E-state index is 0.0263. The summed E-state index contributed by atoms with van der Waals surface area (Å²) in [5.74, 6) is 0.582. The van der Waals surface area contributed by atoms with Crippen LogP contribution < -0.4 is 5.32 Å². The molecule has 0 bridgehead atoms. The highest BCUT2D eigenvalue weighted by Crippen LogP contribution is 2.26. The van der Waals surface area contributed by atoms with E-state index in [2.05, 4.69) is 21.2 Å². The molecule has 0 heterocycles. The first kappa shape index (κ1) is 14.4.